The summed E-state index contributed by atoms with van der Waals surface area (Å²) in [5.41, 5.74) is 0. The topological polar surface area (TPSA) is 43.4 Å². The molecule has 0 aliphatic rings. The van der Waals surface area contributed by atoms with Crippen LogP contribution in [0.3, 0.4) is 0 Å². The Morgan fingerprint density at radius 2 is 2.00 bits per heavy atom. The molecule has 3 nitrogen and oxygen atoms in total. The molecule has 0 rings (SSSR count). The summed E-state index contributed by atoms with van der Waals surface area (Å²) >= 11 is 9.29. The Kier molecular flexibility index (Phi) is 3.56. The number of rotatable bonds is 2. The highest BCUT2D eigenvalue weighted by Gasteiger charge is 2.05. The van der Waals surface area contributed by atoms with Crippen LogP contribution in [0, 0.1) is 0 Å². The molecule has 0 spiro atoms. The highest BCUT2D eigenvalue weighted by molar-refractivity contribution is 6.64. The third-order valence-corrected chi connectivity index (χ3v) is 0.675. The van der Waals surface area contributed by atoms with Gasteiger partial charge in [0, 0.05) is 0 Å². The Labute approximate surface area is 55.7 Å². The molecular formula is C3H2Cl2O3. The first-order valence-electron chi connectivity index (χ1n) is 1.66. The predicted octanol–water partition coefficient (Wildman–Crippen LogP) is 0.839. The minimum atomic E-state index is -0.841. The molecule has 0 bridgehead atoms. The average Bonchev–Trinajstić information content (AvgIpc) is 1.65. The molecule has 0 saturated heterocycles. The fraction of sp³-hybridized carbons (Fsp3) is 0.333. The van der Waals surface area contributed by atoms with Gasteiger partial charge in [0.1, 0.15) is 18.3 Å². The minimum absolute atomic E-state index is 0.481. The van der Waals surface area contributed by atoms with Crippen molar-refractivity contribution in [1.82, 2.24) is 0 Å². The first-order valence-corrected chi connectivity index (χ1v) is 2.35. The van der Waals surface area contributed by atoms with Gasteiger partial charge in [0.25, 0.3) is 0 Å². The fourth-order valence-electron chi connectivity index (χ4n) is 0.141. The van der Waals surface area contributed by atoms with Gasteiger partial charge in [0.05, 0.1) is 0 Å². The molecule has 0 unspecified atom stereocenters. The molecular weight excluding hydrogens is 155 g/mol. The van der Waals surface area contributed by atoms with Crippen molar-refractivity contribution < 1.29 is 13.9 Å². The van der Waals surface area contributed by atoms with Gasteiger partial charge in [-0.15, -0.1) is 0 Å². The number of hydrogen-bond acceptors (Lipinski definition) is 3. The van der Waals surface area contributed by atoms with Gasteiger partial charge in [-0.2, -0.15) is 0 Å². The van der Waals surface area contributed by atoms with Crippen molar-refractivity contribution in [3.05, 3.63) is 0 Å². The van der Waals surface area contributed by atoms with Gasteiger partial charge in [-0.05, 0) is 11.6 Å². The van der Waals surface area contributed by atoms with E-state index in [0.29, 0.717) is 0 Å². The molecule has 0 N–H and O–H groups in total. The van der Waals surface area contributed by atoms with Crippen LogP contribution in [0.25, 0.3) is 0 Å². The van der Waals surface area contributed by atoms with Crippen LogP contribution in [0.2, 0.25) is 0 Å². The van der Waals surface area contributed by atoms with Gasteiger partial charge in [0.15, 0.2) is 0 Å². The SMILES string of the molecule is O=C(Cl)CC(=O)OCl. The Bertz CT molecular complexity index is 111. The van der Waals surface area contributed by atoms with E-state index in [1.165, 1.54) is 0 Å². The first kappa shape index (κ1) is 7.72. The summed E-state index contributed by atoms with van der Waals surface area (Å²) < 4.78 is 3.59. The maximum atomic E-state index is 9.96. The minimum Gasteiger partial charge on any atom is -0.347 e. The van der Waals surface area contributed by atoms with E-state index >= 15 is 0 Å². The van der Waals surface area contributed by atoms with E-state index in [9.17, 15) is 9.59 Å². The molecule has 5 heteroatoms. The number of halogens is 2. The average molecular weight is 157 g/mol. The number of carbonyl (C=O) groups is 2. The lowest BCUT2D eigenvalue weighted by Crippen LogP contribution is -2.00. The van der Waals surface area contributed by atoms with Gasteiger partial charge in [-0.1, -0.05) is 0 Å². The first-order chi connectivity index (χ1) is 3.66. The van der Waals surface area contributed by atoms with Crippen LogP contribution in [0.15, 0.2) is 0 Å². The fourth-order valence-corrected chi connectivity index (χ4v) is 0.304. The molecule has 8 heavy (non-hydrogen) atoms. The Hall–Kier alpha value is -0.280. The maximum Gasteiger partial charge on any atom is 0.333 e. The molecule has 0 aromatic carbocycles. The van der Waals surface area contributed by atoms with E-state index in [-0.39, 0.29) is 0 Å². The zero-order valence-corrected chi connectivity index (χ0v) is 5.20. The second-order valence-corrected chi connectivity index (χ2v) is 1.56. The molecule has 0 saturated carbocycles. The molecule has 0 aromatic rings. The maximum absolute atomic E-state index is 9.96. The van der Waals surface area contributed by atoms with E-state index in [1.54, 1.807) is 0 Å². The van der Waals surface area contributed by atoms with Gasteiger partial charge in [0.2, 0.25) is 5.24 Å². The summed E-state index contributed by atoms with van der Waals surface area (Å²) in [6, 6.07) is 0. The van der Waals surface area contributed by atoms with Gasteiger partial charge < -0.3 is 4.29 Å². The van der Waals surface area contributed by atoms with Crippen molar-refractivity contribution in [2.45, 2.75) is 6.42 Å². The smallest absolute Gasteiger partial charge is 0.333 e. The van der Waals surface area contributed by atoms with E-state index in [1.807, 2.05) is 0 Å². The normalized spacial score (nSPS) is 8.25. The lowest BCUT2D eigenvalue weighted by atomic mass is 10.5. The highest BCUT2D eigenvalue weighted by Crippen LogP contribution is 1.92. The third-order valence-electron chi connectivity index (χ3n) is 0.369. The molecule has 0 aromatic heterocycles. The summed E-state index contributed by atoms with van der Waals surface area (Å²) in [4.78, 5) is 19.8. The molecule has 46 valence electrons. The van der Waals surface area contributed by atoms with Crippen LogP contribution in [-0.2, 0) is 13.9 Å². The van der Waals surface area contributed by atoms with Crippen molar-refractivity contribution in [2.75, 3.05) is 0 Å². The number of hydrogen-bond donors (Lipinski definition) is 0. The molecule has 0 aliphatic carbocycles. The molecule has 0 heterocycles. The lowest BCUT2D eigenvalue weighted by Gasteiger charge is -1.85. The Morgan fingerprint density at radius 3 is 2.12 bits per heavy atom. The summed E-state index contributed by atoms with van der Waals surface area (Å²) in [5.74, 6) is -0.841. The Morgan fingerprint density at radius 1 is 1.50 bits per heavy atom. The largest absolute Gasteiger partial charge is 0.347 e. The predicted molar refractivity (Wildman–Crippen MR) is 27.4 cm³/mol. The third kappa shape index (κ3) is 3.89. The molecule has 0 amide bonds. The van der Waals surface area contributed by atoms with Crippen LogP contribution in [-0.4, -0.2) is 11.2 Å². The van der Waals surface area contributed by atoms with Crippen molar-refractivity contribution in [3.8, 4) is 0 Å². The summed E-state index contributed by atoms with van der Waals surface area (Å²) in [6.45, 7) is 0. The van der Waals surface area contributed by atoms with Crippen LogP contribution in [0.5, 0.6) is 0 Å². The zero-order valence-electron chi connectivity index (χ0n) is 3.69. The number of carbonyl (C=O) groups excluding carboxylic acids is 2. The summed E-state index contributed by atoms with van der Waals surface area (Å²) in [5, 5.41) is -0.782. The van der Waals surface area contributed by atoms with E-state index in [2.05, 4.69) is 16.2 Å². The van der Waals surface area contributed by atoms with E-state index < -0.39 is 17.6 Å². The second-order valence-electron chi connectivity index (χ2n) is 0.981. The quantitative estimate of drug-likeness (QED) is 0.440. The highest BCUT2D eigenvalue weighted by atomic mass is 35.5. The molecule has 0 radical (unpaired) electrons. The van der Waals surface area contributed by atoms with Gasteiger partial charge >= 0.3 is 5.97 Å². The lowest BCUT2D eigenvalue weighted by molar-refractivity contribution is -0.135. The zero-order chi connectivity index (χ0) is 6.57. The van der Waals surface area contributed by atoms with Gasteiger partial charge in [-0.3, -0.25) is 9.59 Å². The summed E-state index contributed by atoms with van der Waals surface area (Å²) in [6.07, 6.45) is -0.481. The van der Waals surface area contributed by atoms with Crippen molar-refractivity contribution in [3.63, 3.8) is 0 Å². The summed E-state index contributed by atoms with van der Waals surface area (Å²) in [7, 11) is 0. The standard InChI is InChI=1S/C3H2Cl2O3/c4-2(6)1-3(7)8-5/h1H2. The monoisotopic (exact) mass is 156 g/mol. The van der Waals surface area contributed by atoms with Crippen molar-refractivity contribution in [2.24, 2.45) is 0 Å². The van der Waals surface area contributed by atoms with E-state index in [4.69, 9.17) is 11.6 Å². The molecule has 0 aliphatic heterocycles. The van der Waals surface area contributed by atoms with Crippen molar-refractivity contribution in [1.29, 1.82) is 0 Å². The van der Waals surface area contributed by atoms with E-state index in [0.717, 1.165) is 0 Å². The molecule has 0 atom stereocenters. The molecule has 0 fully saturated rings. The Balaban J connectivity index is 3.40. The van der Waals surface area contributed by atoms with Crippen LogP contribution in [0.4, 0.5) is 0 Å². The van der Waals surface area contributed by atoms with Crippen LogP contribution >= 0.6 is 23.5 Å². The second kappa shape index (κ2) is 3.69. The van der Waals surface area contributed by atoms with Gasteiger partial charge in [-0.25, -0.2) is 0 Å². The van der Waals surface area contributed by atoms with Crippen LogP contribution < -0.4 is 0 Å². The van der Waals surface area contributed by atoms with Crippen LogP contribution in [0.1, 0.15) is 6.42 Å². The van der Waals surface area contributed by atoms with Crippen molar-refractivity contribution >= 4 is 34.7 Å².